The lowest BCUT2D eigenvalue weighted by Gasteiger charge is -2.33. The van der Waals surface area contributed by atoms with Gasteiger partial charge in [-0.05, 0) is 0 Å². The van der Waals surface area contributed by atoms with E-state index >= 15 is 0 Å². The van der Waals surface area contributed by atoms with Gasteiger partial charge in [-0.25, -0.2) is 0 Å². The fourth-order valence-electron chi connectivity index (χ4n) is 2.02. The van der Waals surface area contributed by atoms with Crippen molar-refractivity contribution < 1.29 is 31.1 Å². The van der Waals surface area contributed by atoms with Crippen LogP contribution in [0.4, 0.5) is 26.3 Å². The highest BCUT2D eigenvalue weighted by Crippen LogP contribution is 2.52. The van der Waals surface area contributed by atoms with E-state index < -0.39 is 35.8 Å². The van der Waals surface area contributed by atoms with Gasteiger partial charge in [0.1, 0.15) is 5.71 Å². The number of ketones is 1. The standard InChI is InChI=1S/C12H8F6N2O/c13-11(14,15)10(12(16,17)18)6-19-20-9(10)8(21)7-4-2-1-3-5-7/h1-5,19H,6H2. The lowest BCUT2D eigenvalue weighted by Crippen LogP contribution is -2.58. The van der Waals surface area contributed by atoms with Crippen molar-refractivity contribution in [1.82, 2.24) is 5.43 Å². The Kier molecular flexibility index (Phi) is 3.46. The Bertz CT molecular complexity index is 562. The zero-order chi connectivity index (χ0) is 15.9. The number of nitrogens with zero attached hydrogens (tertiary/aromatic N) is 1. The summed E-state index contributed by atoms with van der Waals surface area (Å²) in [7, 11) is 0. The molecule has 0 saturated carbocycles. The largest absolute Gasteiger partial charge is 0.410 e. The van der Waals surface area contributed by atoms with Crippen LogP contribution in [0, 0.1) is 5.41 Å². The molecule has 21 heavy (non-hydrogen) atoms. The van der Waals surface area contributed by atoms with Gasteiger partial charge in [-0.15, -0.1) is 0 Å². The highest BCUT2D eigenvalue weighted by atomic mass is 19.4. The number of hydrazone groups is 1. The number of alkyl halides is 6. The van der Waals surface area contributed by atoms with E-state index in [0.717, 1.165) is 12.1 Å². The Hall–Kier alpha value is -2.06. The molecule has 3 nitrogen and oxygen atoms in total. The molecule has 0 saturated heterocycles. The number of benzene rings is 1. The molecule has 1 aromatic rings. The first-order valence-corrected chi connectivity index (χ1v) is 5.65. The topological polar surface area (TPSA) is 41.5 Å². The molecular formula is C12H8F6N2O. The quantitative estimate of drug-likeness (QED) is 0.674. The molecule has 0 spiro atoms. The van der Waals surface area contributed by atoms with Crippen molar-refractivity contribution in [3.05, 3.63) is 35.9 Å². The second-order valence-corrected chi connectivity index (χ2v) is 4.39. The molecule has 114 valence electrons. The van der Waals surface area contributed by atoms with E-state index in [2.05, 4.69) is 5.10 Å². The molecule has 1 aromatic carbocycles. The maximum Gasteiger partial charge on any atom is 0.410 e. The Balaban J connectivity index is 2.55. The molecular weight excluding hydrogens is 302 g/mol. The first-order valence-electron chi connectivity index (χ1n) is 5.65. The van der Waals surface area contributed by atoms with E-state index in [9.17, 15) is 31.1 Å². The SMILES string of the molecule is O=C(C1=NNCC1(C(F)(F)F)C(F)(F)F)c1ccccc1. The number of rotatable bonds is 2. The summed E-state index contributed by atoms with van der Waals surface area (Å²) in [4.78, 5) is 12.0. The van der Waals surface area contributed by atoms with Crippen molar-refractivity contribution in [2.75, 3.05) is 6.54 Å². The molecule has 1 aliphatic heterocycles. The monoisotopic (exact) mass is 310 g/mol. The minimum absolute atomic E-state index is 0.294. The summed E-state index contributed by atoms with van der Waals surface area (Å²) in [6.45, 7) is -1.55. The number of Topliss-reactive ketones (excluding diaryl/α,β-unsaturated/α-hetero) is 1. The van der Waals surface area contributed by atoms with Crippen molar-refractivity contribution in [2.24, 2.45) is 10.5 Å². The molecule has 0 aliphatic carbocycles. The minimum atomic E-state index is -5.70. The van der Waals surface area contributed by atoms with E-state index in [-0.39, 0.29) is 5.56 Å². The number of nitrogens with one attached hydrogen (secondary N) is 1. The van der Waals surface area contributed by atoms with E-state index in [1.165, 1.54) is 18.2 Å². The maximum atomic E-state index is 13.0. The number of halogens is 6. The summed E-state index contributed by atoms with van der Waals surface area (Å²) < 4.78 is 78.3. The fourth-order valence-corrected chi connectivity index (χ4v) is 2.02. The van der Waals surface area contributed by atoms with Crippen LogP contribution in [0.2, 0.25) is 0 Å². The highest BCUT2D eigenvalue weighted by Gasteiger charge is 2.76. The summed E-state index contributed by atoms with van der Waals surface area (Å²) in [6.07, 6.45) is -11.4. The van der Waals surface area contributed by atoms with Gasteiger partial charge in [0.2, 0.25) is 11.2 Å². The van der Waals surface area contributed by atoms with Gasteiger partial charge in [0.05, 0.1) is 6.54 Å². The van der Waals surface area contributed by atoms with Crippen molar-refractivity contribution in [3.63, 3.8) is 0 Å². The van der Waals surface area contributed by atoms with E-state index in [1.807, 2.05) is 0 Å². The molecule has 0 unspecified atom stereocenters. The molecule has 9 heteroatoms. The van der Waals surface area contributed by atoms with Gasteiger partial charge < -0.3 is 5.43 Å². The molecule has 2 rings (SSSR count). The number of hydrogen-bond acceptors (Lipinski definition) is 3. The molecule has 0 bridgehead atoms. The fraction of sp³-hybridized carbons (Fsp3) is 0.333. The number of carbonyl (C=O) groups excluding carboxylic acids is 1. The average molecular weight is 310 g/mol. The van der Waals surface area contributed by atoms with Crippen molar-refractivity contribution in [3.8, 4) is 0 Å². The first-order chi connectivity index (χ1) is 9.61. The highest BCUT2D eigenvalue weighted by molar-refractivity contribution is 6.48. The lowest BCUT2D eigenvalue weighted by molar-refractivity contribution is -0.306. The van der Waals surface area contributed by atoms with Crippen molar-refractivity contribution in [2.45, 2.75) is 12.4 Å². The molecule has 0 radical (unpaired) electrons. The molecule has 1 aliphatic rings. The second kappa shape index (κ2) is 4.74. The lowest BCUT2D eigenvalue weighted by atomic mass is 9.78. The van der Waals surface area contributed by atoms with Crippen LogP contribution in [0.5, 0.6) is 0 Å². The molecule has 1 N–H and O–H groups in total. The predicted octanol–water partition coefficient (Wildman–Crippen LogP) is 2.94. The van der Waals surface area contributed by atoms with Crippen LogP contribution >= 0.6 is 0 Å². The Labute approximate surface area is 114 Å². The smallest absolute Gasteiger partial charge is 0.308 e. The van der Waals surface area contributed by atoms with E-state index in [1.54, 1.807) is 5.43 Å². The number of hydrogen-bond donors (Lipinski definition) is 1. The second-order valence-electron chi connectivity index (χ2n) is 4.39. The third-order valence-electron chi connectivity index (χ3n) is 3.16. The van der Waals surface area contributed by atoms with Crippen LogP contribution in [-0.2, 0) is 0 Å². The predicted molar refractivity (Wildman–Crippen MR) is 60.8 cm³/mol. The summed E-state index contributed by atoms with van der Waals surface area (Å²) in [5.41, 5.74) is -4.53. The number of carbonyl (C=O) groups is 1. The van der Waals surface area contributed by atoms with Crippen LogP contribution in [0.1, 0.15) is 10.4 Å². The van der Waals surface area contributed by atoms with Crippen LogP contribution in [-0.4, -0.2) is 30.4 Å². The molecule has 0 amide bonds. The van der Waals surface area contributed by atoms with E-state index in [0.29, 0.717) is 0 Å². The van der Waals surface area contributed by atoms with Crippen LogP contribution in [0.3, 0.4) is 0 Å². The van der Waals surface area contributed by atoms with Gasteiger partial charge in [-0.3, -0.25) is 4.79 Å². The Morgan fingerprint density at radius 3 is 2.05 bits per heavy atom. The third-order valence-corrected chi connectivity index (χ3v) is 3.16. The summed E-state index contributed by atoms with van der Waals surface area (Å²) >= 11 is 0. The first kappa shape index (κ1) is 15.3. The maximum absolute atomic E-state index is 13.0. The molecule has 0 aromatic heterocycles. The van der Waals surface area contributed by atoms with E-state index in [4.69, 9.17) is 0 Å². The zero-order valence-corrected chi connectivity index (χ0v) is 10.2. The zero-order valence-electron chi connectivity index (χ0n) is 10.2. The van der Waals surface area contributed by atoms with Crippen molar-refractivity contribution in [1.29, 1.82) is 0 Å². The third kappa shape index (κ3) is 2.26. The Morgan fingerprint density at radius 1 is 1.05 bits per heavy atom. The summed E-state index contributed by atoms with van der Waals surface area (Å²) in [6, 6.07) is 6.39. The minimum Gasteiger partial charge on any atom is -0.308 e. The van der Waals surface area contributed by atoms with Crippen LogP contribution in [0.25, 0.3) is 0 Å². The molecule has 0 fully saturated rings. The van der Waals surface area contributed by atoms with Crippen LogP contribution in [0.15, 0.2) is 35.4 Å². The average Bonchev–Trinajstić information content (AvgIpc) is 2.83. The van der Waals surface area contributed by atoms with Gasteiger partial charge in [0.15, 0.2) is 0 Å². The van der Waals surface area contributed by atoms with Crippen molar-refractivity contribution >= 4 is 11.5 Å². The van der Waals surface area contributed by atoms with Gasteiger partial charge >= 0.3 is 12.4 Å². The van der Waals surface area contributed by atoms with Gasteiger partial charge in [0, 0.05) is 5.56 Å². The summed E-state index contributed by atoms with van der Waals surface area (Å²) in [5, 5.41) is 2.98. The van der Waals surface area contributed by atoms with Gasteiger partial charge in [-0.2, -0.15) is 31.4 Å². The normalized spacial score (nSPS) is 18.1. The summed E-state index contributed by atoms with van der Waals surface area (Å²) in [5.74, 6) is -1.41. The van der Waals surface area contributed by atoms with Gasteiger partial charge in [-0.1, -0.05) is 30.3 Å². The van der Waals surface area contributed by atoms with Crippen LogP contribution < -0.4 is 5.43 Å². The Morgan fingerprint density at radius 2 is 1.57 bits per heavy atom. The molecule has 0 atom stereocenters. The molecule has 1 heterocycles. The van der Waals surface area contributed by atoms with Gasteiger partial charge in [0.25, 0.3) is 0 Å².